The summed E-state index contributed by atoms with van der Waals surface area (Å²) in [5, 5.41) is 14.7. The average molecular weight is 450 g/mol. The fraction of sp³-hybridized carbons (Fsp3) is 0.400. The van der Waals surface area contributed by atoms with Gasteiger partial charge in [0.05, 0.1) is 0 Å². The molecule has 1 saturated heterocycles. The smallest absolute Gasteiger partial charge is 0.408 e. The number of carbonyl (C=O) groups is 3. The summed E-state index contributed by atoms with van der Waals surface area (Å²) in [5.41, 5.74) is 3.56. The summed E-state index contributed by atoms with van der Waals surface area (Å²) in [4.78, 5) is 36.5. The van der Waals surface area contributed by atoms with Gasteiger partial charge in [0.2, 0.25) is 5.91 Å². The number of carbonyl (C=O) groups excluding carboxylic acids is 2. The number of alkyl carbamates (subject to hydrolysis) is 1. The highest BCUT2D eigenvalue weighted by Crippen LogP contribution is 2.44. The number of hydrogen-bond donors (Lipinski definition) is 3. The molecule has 3 N–H and O–H groups in total. The maximum Gasteiger partial charge on any atom is 0.408 e. The van der Waals surface area contributed by atoms with E-state index in [1.54, 1.807) is 0 Å². The van der Waals surface area contributed by atoms with Crippen LogP contribution in [0.25, 0.3) is 11.1 Å². The van der Waals surface area contributed by atoms with Gasteiger partial charge >= 0.3 is 12.1 Å². The average Bonchev–Trinajstić information content (AvgIpc) is 3.31. The summed E-state index contributed by atoms with van der Waals surface area (Å²) >= 11 is 0. The molecule has 33 heavy (non-hydrogen) atoms. The minimum Gasteiger partial charge on any atom is -0.479 e. The Morgan fingerprint density at radius 2 is 1.67 bits per heavy atom. The third-order valence-corrected chi connectivity index (χ3v) is 6.85. The van der Waals surface area contributed by atoms with Crippen LogP contribution in [0.1, 0.15) is 36.3 Å². The highest BCUT2D eigenvalue weighted by molar-refractivity contribution is 5.93. The second-order valence-corrected chi connectivity index (χ2v) is 8.92. The molecule has 2 atom stereocenters. The van der Waals surface area contributed by atoms with Crippen molar-refractivity contribution in [3.8, 4) is 11.1 Å². The third-order valence-electron chi connectivity index (χ3n) is 6.85. The van der Waals surface area contributed by atoms with Gasteiger partial charge in [-0.25, -0.2) is 9.59 Å². The zero-order valence-corrected chi connectivity index (χ0v) is 18.1. The van der Waals surface area contributed by atoms with Gasteiger partial charge in [-0.3, -0.25) is 4.79 Å². The first-order chi connectivity index (χ1) is 16.0. The Kier molecular flexibility index (Phi) is 5.54. The van der Waals surface area contributed by atoms with E-state index in [1.807, 2.05) is 36.4 Å². The van der Waals surface area contributed by atoms with Gasteiger partial charge in [0, 0.05) is 25.0 Å². The zero-order valence-electron chi connectivity index (χ0n) is 18.1. The molecule has 8 heteroatoms. The fourth-order valence-electron chi connectivity index (χ4n) is 4.87. The van der Waals surface area contributed by atoms with Gasteiger partial charge in [-0.1, -0.05) is 48.5 Å². The van der Waals surface area contributed by atoms with E-state index in [-0.39, 0.29) is 30.9 Å². The van der Waals surface area contributed by atoms with Crippen LogP contribution in [-0.2, 0) is 19.1 Å². The van der Waals surface area contributed by atoms with E-state index in [9.17, 15) is 19.5 Å². The Bertz CT molecular complexity index is 1050. The molecule has 172 valence electrons. The number of rotatable bonds is 7. The van der Waals surface area contributed by atoms with E-state index in [0.717, 1.165) is 22.3 Å². The standard InChI is InChI=1S/C25H26N2O6/c28-22(29)21-15(9-12-32-21)13-26-23(30)25(10-11-25)27-24(31)33-14-20-18-7-3-1-5-16(18)17-6-2-4-8-19(17)20/h1-8,15,20-21H,9-14H2,(H,26,30)(H,27,31)(H,28,29)/t15-,21-/m0/s1. The maximum atomic E-state index is 12.7. The summed E-state index contributed by atoms with van der Waals surface area (Å²) in [5.74, 6) is -1.67. The summed E-state index contributed by atoms with van der Waals surface area (Å²) in [7, 11) is 0. The second kappa shape index (κ2) is 8.51. The lowest BCUT2D eigenvalue weighted by atomic mass is 9.98. The van der Waals surface area contributed by atoms with Crippen LogP contribution in [0.2, 0.25) is 0 Å². The molecule has 2 aliphatic carbocycles. The minimum atomic E-state index is -1.02. The number of nitrogens with one attached hydrogen (secondary N) is 2. The van der Waals surface area contributed by atoms with Crippen molar-refractivity contribution in [1.82, 2.24) is 10.6 Å². The molecule has 8 nitrogen and oxygen atoms in total. The number of hydrogen-bond acceptors (Lipinski definition) is 5. The Labute approximate surface area is 191 Å². The number of aliphatic carboxylic acids is 1. The summed E-state index contributed by atoms with van der Waals surface area (Å²) < 4.78 is 10.8. The minimum absolute atomic E-state index is 0.0533. The molecule has 2 fully saturated rings. The third kappa shape index (κ3) is 4.06. The SMILES string of the molecule is O=C(NC1(C(=O)NC[C@@H]2CCO[C@@H]2C(=O)O)CC1)OCC1c2ccccc2-c2ccccc21. The van der Waals surface area contributed by atoms with Gasteiger partial charge in [-0.05, 0) is 41.5 Å². The molecule has 0 unspecified atom stereocenters. The fourth-order valence-corrected chi connectivity index (χ4v) is 4.87. The molecule has 2 aromatic carbocycles. The van der Waals surface area contributed by atoms with Crippen LogP contribution in [0.5, 0.6) is 0 Å². The van der Waals surface area contributed by atoms with Crippen molar-refractivity contribution >= 4 is 18.0 Å². The molecule has 1 aliphatic heterocycles. The molecular weight excluding hydrogens is 424 g/mol. The van der Waals surface area contributed by atoms with E-state index >= 15 is 0 Å². The van der Waals surface area contributed by atoms with Crippen LogP contribution in [0.3, 0.4) is 0 Å². The monoisotopic (exact) mass is 450 g/mol. The van der Waals surface area contributed by atoms with Gasteiger partial charge in [0.15, 0.2) is 6.10 Å². The first-order valence-electron chi connectivity index (χ1n) is 11.2. The van der Waals surface area contributed by atoms with Crippen LogP contribution in [0.4, 0.5) is 4.79 Å². The van der Waals surface area contributed by atoms with Gasteiger partial charge in [0.25, 0.3) is 0 Å². The number of carboxylic acid groups (broad SMARTS) is 1. The molecule has 5 rings (SSSR count). The van der Waals surface area contributed by atoms with Crippen molar-refractivity contribution in [3.05, 3.63) is 59.7 Å². The van der Waals surface area contributed by atoms with Crippen LogP contribution in [0, 0.1) is 5.92 Å². The quantitative estimate of drug-likeness (QED) is 0.598. The number of amides is 2. The zero-order chi connectivity index (χ0) is 23.0. The Hall–Kier alpha value is -3.39. The first kappa shape index (κ1) is 21.5. The van der Waals surface area contributed by atoms with Gasteiger partial charge in [0.1, 0.15) is 12.1 Å². The molecule has 0 aromatic heterocycles. The highest BCUT2D eigenvalue weighted by atomic mass is 16.5. The second-order valence-electron chi connectivity index (χ2n) is 8.92. The topological polar surface area (TPSA) is 114 Å². The van der Waals surface area contributed by atoms with E-state index in [4.69, 9.17) is 9.47 Å². The van der Waals surface area contributed by atoms with Crippen LogP contribution in [-0.4, -0.2) is 54.5 Å². The lowest BCUT2D eigenvalue weighted by Gasteiger charge is -2.21. The Balaban J connectivity index is 1.17. The number of fused-ring (bicyclic) bond motifs is 3. The number of benzene rings is 2. The summed E-state index contributed by atoms with van der Waals surface area (Å²) in [6.45, 7) is 0.738. The maximum absolute atomic E-state index is 12.7. The van der Waals surface area contributed by atoms with E-state index < -0.39 is 23.7 Å². The lowest BCUT2D eigenvalue weighted by molar-refractivity contribution is -0.149. The highest BCUT2D eigenvalue weighted by Gasteiger charge is 2.52. The predicted molar refractivity (Wildman–Crippen MR) is 119 cm³/mol. The van der Waals surface area contributed by atoms with Crippen molar-refractivity contribution < 1.29 is 29.0 Å². The largest absolute Gasteiger partial charge is 0.479 e. The normalized spacial score (nSPS) is 22.2. The van der Waals surface area contributed by atoms with Crippen LogP contribution < -0.4 is 10.6 Å². The number of carboxylic acids is 1. The van der Waals surface area contributed by atoms with E-state index in [1.165, 1.54) is 0 Å². The molecule has 0 spiro atoms. The predicted octanol–water partition coefficient (Wildman–Crippen LogP) is 2.66. The molecule has 1 heterocycles. The van der Waals surface area contributed by atoms with Gasteiger partial charge in [-0.2, -0.15) is 0 Å². The van der Waals surface area contributed by atoms with E-state index in [2.05, 4.69) is 22.8 Å². The van der Waals surface area contributed by atoms with Gasteiger partial charge in [-0.15, -0.1) is 0 Å². The molecule has 1 saturated carbocycles. The molecule has 2 aromatic rings. The Morgan fingerprint density at radius 1 is 1.03 bits per heavy atom. The van der Waals surface area contributed by atoms with E-state index in [0.29, 0.717) is 25.9 Å². The van der Waals surface area contributed by atoms with Crippen LogP contribution in [0.15, 0.2) is 48.5 Å². The molecule has 0 radical (unpaired) electrons. The van der Waals surface area contributed by atoms with Crippen molar-refractivity contribution in [2.24, 2.45) is 5.92 Å². The summed E-state index contributed by atoms with van der Waals surface area (Å²) in [6, 6.07) is 16.2. The van der Waals surface area contributed by atoms with Crippen molar-refractivity contribution in [1.29, 1.82) is 0 Å². The molecular formula is C25H26N2O6. The van der Waals surface area contributed by atoms with Crippen molar-refractivity contribution in [2.45, 2.75) is 36.8 Å². The Morgan fingerprint density at radius 3 is 2.27 bits per heavy atom. The van der Waals surface area contributed by atoms with Crippen LogP contribution >= 0.6 is 0 Å². The van der Waals surface area contributed by atoms with Crippen molar-refractivity contribution in [3.63, 3.8) is 0 Å². The molecule has 2 amide bonds. The first-order valence-corrected chi connectivity index (χ1v) is 11.2. The van der Waals surface area contributed by atoms with Crippen molar-refractivity contribution in [2.75, 3.05) is 19.8 Å². The lowest BCUT2D eigenvalue weighted by Crippen LogP contribution is -2.50. The summed E-state index contributed by atoms with van der Waals surface area (Å²) in [6.07, 6.45) is 0.0797. The van der Waals surface area contributed by atoms with Gasteiger partial charge < -0.3 is 25.2 Å². The molecule has 3 aliphatic rings. The number of ether oxygens (including phenoxy) is 2. The molecule has 0 bridgehead atoms.